The van der Waals surface area contributed by atoms with Gasteiger partial charge in [0.05, 0.1) is 4.99 Å². The Balaban J connectivity index is 2.03. The van der Waals surface area contributed by atoms with E-state index in [1.165, 1.54) is 18.2 Å². The first-order chi connectivity index (χ1) is 13.7. The van der Waals surface area contributed by atoms with Gasteiger partial charge in [0, 0.05) is 24.6 Å². The Morgan fingerprint density at radius 2 is 2.14 bits per heavy atom. The predicted molar refractivity (Wildman–Crippen MR) is 110 cm³/mol. The first-order valence-corrected chi connectivity index (χ1v) is 9.94. The summed E-state index contributed by atoms with van der Waals surface area (Å²) in [5.41, 5.74) is 0.188. The summed E-state index contributed by atoms with van der Waals surface area (Å²) in [7, 11) is 0. The number of benzene rings is 1. The van der Waals surface area contributed by atoms with Gasteiger partial charge < -0.3 is 15.0 Å². The molecule has 0 radical (unpaired) electrons. The van der Waals surface area contributed by atoms with Crippen molar-refractivity contribution in [2.45, 2.75) is 51.7 Å². The number of likely N-dealkylation sites (tertiary alicyclic amines) is 1. The lowest BCUT2D eigenvalue weighted by Gasteiger charge is -2.27. The molecule has 29 heavy (non-hydrogen) atoms. The van der Waals surface area contributed by atoms with Crippen LogP contribution in [0.15, 0.2) is 30.9 Å². The van der Waals surface area contributed by atoms with Crippen molar-refractivity contribution >= 4 is 29.1 Å². The molecule has 1 fully saturated rings. The van der Waals surface area contributed by atoms with E-state index in [1.807, 2.05) is 13.8 Å². The summed E-state index contributed by atoms with van der Waals surface area (Å²) in [6, 6.07) is 2.98. The van der Waals surface area contributed by atoms with Gasteiger partial charge in [-0.2, -0.15) is 0 Å². The molecule has 2 rings (SSSR count). The lowest BCUT2D eigenvalue weighted by Crippen LogP contribution is -2.47. The van der Waals surface area contributed by atoms with E-state index in [4.69, 9.17) is 17.0 Å². The molecule has 0 spiro atoms. The quantitative estimate of drug-likeness (QED) is 0.373. The molecule has 2 atom stereocenters. The van der Waals surface area contributed by atoms with Crippen molar-refractivity contribution in [1.29, 1.82) is 0 Å². The first-order valence-electron chi connectivity index (χ1n) is 9.53. The Morgan fingerprint density at radius 1 is 1.41 bits per heavy atom. The lowest BCUT2D eigenvalue weighted by molar-refractivity contribution is -0.148. The molecule has 0 saturated carbocycles. The Morgan fingerprint density at radius 3 is 2.79 bits per heavy atom. The van der Waals surface area contributed by atoms with E-state index < -0.39 is 23.6 Å². The molecular formula is C21H26F2N2O3S. The van der Waals surface area contributed by atoms with Crippen LogP contribution in [0.2, 0.25) is 0 Å². The van der Waals surface area contributed by atoms with Crippen LogP contribution < -0.4 is 5.32 Å². The summed E-state index contributed by atoms with van der Waals surface area (Å²) in [5, 5.41) is 2.72. The third-order valence-electron chi connectivity index (χ3n) is 4.83. The molecule has 0 unspecified atom stereocenters. The van der Waals surface area contributed by atoms with Crippen molar-refractivity contribution in [3.05, 3.63) is 48.1 Å². The second-order valence-corrected chi connectivity index (χ2v) is 7.81. The van der Waals surface area contributed by atoms with Crippen molar-refractivity contribution in [1.82, 2.24) is 10.2 Å². The predicted octanol–water partition coefficient (Wildman–Crippen LogP) is 3.52. The number of hydrogen-bond donors (Lipinski definition) is 1. The second-order valence-electron chi connectivity index (χ2n) is 7.34. The van der Waals surface area contributed by atoms with Crippen LogP contribution in [0.3, 0.4) is 0 Å². The number of nitrogens with zero attached hydrogens (tertiary/aromatic N) is 1. The van der Waals surface area contributed by atoms with Crippen LogP contribution in [0.5, 0.6) is 0 Å². The maximum absolute atomic E-state index is 14.0. The van der Waals surface area contributed by atoms with Gasteiger partial charge >= 0.3 is 5.97 Å². The number of carbonyl (C=O) groups excluding carboxylic acids is 2. The molecular weight excluding hydrogens is 398 g/mol. The minimum absolute atomic E-state index is 0.0712. The zero-order chi connectivity index (χ0) is 21.6. The SMILES string of the molecule is C=CCOC(=O)[C@@H](NC(=O)C[C@@H]1CCC(=S)N1Cc1cccc(F)c1F)C(C)C. The Labute approximate surface area is 175 Å². The second kappa shape index (κ2) is 10.4. The van der Waals surface area contributed by atoms with E-state index in [2.05, 4.69) is 11.9 Å². The summed E-state index contributed by atoms with van der Waals surface area (Å²) >= 11 is 5.36. The highest BCUT2D eigenvalue weighted by Crippen LogP contribution is 2.26. The van der Waals surface area contributed by atoms with Crippen LogP contribution in [-0.4, -0.2) is 40.5 Å². The van der Waals surface area contributed by atoms with E-state index in [-0.39, 0.29) is 43.0 Å². The third-order valence-corrected chi connectivity index (χ3v) is 5.26. The normalized spacial score (nSPS) is 17.3. The maximum atomic E-state index is 14.0. The molecule has 1 N–H and O–H groups in total. The smallest absolute Gasteiger partial charge is 0.329 e. The monoisotopic (exact) mass is 424 g/mol. The van der Waals surface area contributed by atoms with Gasteiger partial charge in [-0.3, -0.25) is 4.79 Å². The van der Waals surface area contributed by atoms with E-state index in [1.54, 1.807) is 4.90 Å². The summed E-state index contributed by atoms with van der Waals surface area (Å²) in [4.78, 5) is 27.1. The van der Waals surface area contributed by atoms with E-state index >= 15 is 0 Å². The number of amides is 1. The number of halogens is 2. The van der Waals surface area contributed by atoms with Crippen molar-refractivity contribution in [3.63, 3.8) is 0 Å². The molecule has 0 aromatic heterocycles. The molecule has 158 valence electrons. The van der Waals surface area contributed by atoms with Crippen LogP contribution in [0.1, 0.15) is 38.7 Å². The first kappa shape index (κ1) is 22.9. The van der Waals surface area contributed by atoms with Gasteiger partial charge in [-0.1, -0.05) is 50.9 Å². The zero-order valence-electron chi connectivity index (χ0n) is 16.6. The van der Waals surface area contributed by atoms with Gasteiger partial charge in [0.2, 0.25) is 5.91 Å². The van der Waals surface area contributed by atoms with Crippen molar-refractivity contribution < 1.29 is 23.1 Å². The number of carbonyl (C=O) groups is 2. The number of hydrogen-bond acceptors (Lipinski definition) is 4. The van der Waals surface area contributed by atoms with Crippen LogP contribution in [0.4, 0.5) is 8.78 Å². The molecule has 5 nitrogen and oxygen atoms in total. The van der Waals surface area contributed by atoms with Gasteiger partial charge in [0.15, 0.2) is 11.6 Å². The highest BCUT2D eigenvalue weighted by molar-refractivity contribution is 7.80. The van der Waals surface area contributed by atoms with Crippen molar-refractivity contribution in [3.8, 4) is 0 Å². The topological polar surface area (TPSA) is 58.6 Å². The van der Waals surface area contributed by atoms with Crippen molar-refractivity contribution in [2.75, 3.05) is 6.61 Å². The summed E-state index contributed by atoms with van der Waals surface area (Å²) in [6.07, 6.45) is 2.78. The zero-order valence-corrected chi connectivity index (χ0v) is 17.4. The fourth-order valence-corrected chi connectivity index (χ4v) is 3.58. The Bertz CT molecular complexity index is 785. The van der Waals surface area contributed by atoms with Crippen LogP contribution in [0, 0.1) is 17.6 Å². The summed E-state index contributed by atoms with van der Waals surface area (Å²) < 4.78 is 32.6. The molecule has 8 heteroatoms. The van der Waals surface area contributed by atoms with Crippen LogP contribution in [-0.2, 0) is 20.9 Å². The van der Waals surface area contributed by atoms with Crippen LogP contribution in [0.25, 0.3) is 0 Å². The molecule has 1 aromatic rings. The molecule has 1 saturated heterocycles. The fourth-order valence-electron chi connectivity index (χ4n) is 3.25. The van der Waals surface area contributed by atoms with E-state index in [0.29, 0.717) is 17.8 Å². The highest BCUT2D eigenvalue weighted by atomic mass is 32.1. The fraction of sp³-hybridized carbons (Fsp3) is 0.476. The largest absolute Gasteiger partial charge is 0.460 e. The Hall–Kier alpha value is -2.35. The van der Waals surface area contributed by atoms with E-state index in [9.17, 15) is 18.4 Å². The summed E-state index contributed by atoms with van der Waals surface area (Å²) in [5.74, 6) is -2.82. The number of ether oxygens (including phenoxy) is 1. The molecule has 1 aliphatic rings. The van der Waals surface area contributed by atoms with Gasteiger partial charge in [-0.25, -0.2) is 13.6 Å². The number of nitrogens with one attached hydrogen (secondary N) is 1. The number of rotatable bonds is 9. The molecule has 1 amide bonds. The van der Waals surface area contributed by atoms with Crippen molar-refractivity contribution in [2.24, 2.45) is 5.92 Å². The minimum atomic E-state index is -0.917. The number of esters is 1. The van der Waals surface area contributed by atoms with Gasteiger partial charge in [0.25, 0.3) is 0 Å². The molecule has 0 aliphatic carbocycles. The average Bonchev–Trinajstić information content (AvgIpc) is 3.00. The average molecular weight is 425 g/mol. The lowest BCUT2D eigenvalue weighted by atomic mass is 10.0. The Kier molecular flexibility index (Phi) is 8.25. The molecule has 0 bridgehead atoms. The van der Waals surface area contributed by atoms with Gasteiger partial charge in [-0.15, -0.1) is 0 Å². The maximum Gasteiger partial charge on any atom is 0.329 e. The standard InChI is InChI=1S/C21H26F2N2O3S/c1-4-10-28-21(27)20(13(2)3)24-17(26)11-15-8-9-18(29)25(15)12-14-6-5-7-16(22)19(14)23/h4-7,13,15,20H,1,8-12H2,2-3H3,(H,24,26)/t15-,20-/m0/s1. The molecule has 1 aromatic carbocycles. The van der Waals surface area contributed by atoms with Gasteiger partial charge in [-0.05, 0) is 24.8 Å². The third kappa shape index (κ3) is 6.06. The highest BCUT2D eigenvalue weighted by Gasteiger charge is 2.32. The van der Waals surface area contributed by atoms with E-state index in [0.717, 1.165) is 6.07 Å². The van der Waals surface area contributed by atoms with Gasteiger partial charge in [0.1, 0.15) is 12.6 Å². The number of thiocarbonyl (C=S) groups is 1. The van der Waals surface area contributed by atoms with Crippen LogP contribution >= 0.6 is 12.2 Å². The minimum Gasteiger partial charge on any atom is -0.460 e. The summed E-state index contributed by atoms with van der Waals surface area (Å²) in [6.45, 7) is 7.28. The molecule has 1 aliphatic heterocycles. The molecule has 1 heterocycles.